The minimum absolute atomic E-state index is 0.0545. The van der Waals surface area contributed by atoms with Gasteiger partial charge < -0.3 is 19.9 Å². The molecule has 1 amide bonds. The van der Waals surface area contributed by atoms with Crippen LogP contribution in [0.1, 0.15) is 21.5 Å². The second-order valence-corrected chi connectivity index (χ2v) is 5.13. The first-order valence-electron chi connectivity index (χ1n) is 7.54. The first kappa shape index (κ1) is 18.1. The van der Waals surface area contributed by atoms with Crippen LogP contribution in [0.25, 0.3) is 6.08 Å². The lowest BCUT2D eigenvalue weighted by molar-refractivity contribution is -0.116. The van der Waals surface area contributed by atoms with E-state index >= 15 is 0 Å². The highest BCUT2D eigenvalue weighted by Gasteiger charge is 2.11. The number of carbonyl (C=O) groups is 2. The fourth-order valence-corrected chi connectivity index (χ4v) is 2.25. The van der Waals surface area contributed by atoms with Crippen molar-refractivity contribution in [3.05, 3.63) is 65.2 Å². The smallest absolute Gasteiger partial charge is 0.339 e. The number of benzene rings is 2. The SMILES string of the molecule is COc1ccccc1C=CC(=O)NCc1ccc(OC)c(C(=O)O)c1. The molecule has 0 fully saturated rings. The molecular weight excluding hydrogens is 322 g/mol. The Kier molecular flexibility index (Phi) is 6.17. The van der Waals surface area contributed by atoms with E-state index in [9.17, 15) is 9.59 Å². The van der Waals surface area contributed by atoms with E-state index in [0.717, 1.165) is 5.56 Å². The summed E-state index contributed by atoms with van der Waals surface area (Å²) in [6, 6.07) is 12.1. The molecule has 2 aromatic carbocycles. The van der Waals surface area contributed by atoms with Gasteiger partial charge in [-0.15, -0.1) is 0 Å². The summed E-state index contributed by atoms with van der Waals surface area (Å²) in [4.78, 5) is 23.2. The van der Waals surface area contributed by atoms with E-state index in [0.29, 0.717) is 11.3 Å². The Morgan fingerprint density at radius 1 is 1.08 bits per heavy atom. The lowest BCUT2D eigenvalue weighted by Crippen LogP contribution is -2.20. The summed E-state index contributed by atoms with van der Waals surface area (Å²) in [5.41, 5.74) is 1.51. The highest BCUT2D eigenvalue weighted by molar-refractivity contribution is 5.92. The molecule has 130 valence electrons. The van der Waals surface area contributed by atoms with Gasteiger partial charge in [0.2, 0.25) is 5.91 Å². The first-order chi connectivity index (χ1) is 12.0. The molecule has 0 aliphatic carbocycles. The molecule has 0 bridgehead atoms. The Bertz CT molecular complexity index is 798. The van der Waals surface area contributed by atoms with Crippen molar-refractivity contribution in [2.45, 2.75) is 6.54 Å². The van der Waals surface area contributed by atoms with E-state index < -0.39 is 5.97 Å². The summed E-state index contributed by atoms with van der Waals surface area (Å²) in [5, 5.41) is 11.9. The van der Waals surface area contributed by atoms with Crippen LogP contribution >= 0.6 is 0 Å². The van der Waals surface area contributed by atoms with Crippen LogP contribution in [0.4, 0.5) is 0 Å². The Balaban J connectivity index is 2.01. The van der Waals surface area contributed by atoms with Gasteiger partial charge in [-0.2, -0.15) is 0 Å². The predicted octanol–water partition coefficient (Wildman–Crippen LogP) is 2.73. The number of hydrogen-bond donors (Lipinski definition) is 2. The number of ether oxygens (including phenoxy) is 2. The molecule has 0 aromatic heterocycles. The molecule has 0 aliphatic rings. The largest absolute Gasteiger partial charge is 0.496 e. The lowest BCUT2D eigenvalue weighted by atomic mass is 10.1. The third-order valence-electron chi connectivity index (χ3n) is 3.51. The average molecular weight is 341 g/mol. The number of carboxylic acids is 1. The fraction of sp³-hybridized carbons (Fsp3) is 0.158. The summed E-state index contributed by atoms with van der Waals surface area (Å²) in [6.45, 7) is 0.208. The van der Waals surface area contributed by atoms with Gasteiger partial charge in [0, 0.05) is 18.2 Å². The zero-order valence-corrected chi connectivity index (χ0v) is 14.0. The Morgan fingerprint density at radius 3 is 2.48 bits per heavy atom. The van der Waals surface area contributed by atoms with E-state index in [1.54, 1.807) is 25.3 Å². The standard InChI is InChI=1S/C19H19NO5/c1-24-16-6-4-3-5-14(16)8-10-18(21)20-12-13-7-9-17(25-2)15(11-13)19(22)23/h3-11H,12H2,1-2H3,(H,20,21)(H,22,23). The van der Waals surface area contributed by atoms with E-state index in [1.807, 2.05) is 24.3 Å². The molecular formula is C19H19NO5. The second-order valence-electron chi connectivity index (χ2n) is 5.13. The van der Waals surface area contributed by atoms with Gasteiger partial charge in [-0.05, 0) is 29.8 Å². The van der Waals surface area contributed by atoms with Gasteiger partial charge >= 0.3 is 5.97 Å². The highest BCUT2D eigenvalue weighted by Crippen LogP contribution is 2.20. The van der Waals surface area contributed by atoms with Crippen molar-refractivity contribution in [1.82, 2.24) is 5.32 Å². The molecule has 0 saturated carbocycles. The Labute approximate surface area is 145 Å². The quantitative estimate of drug-likeness (QED) is 0.757. The summed E-state index contributed by atoms with van der Waals surface area (Å²) >= 11 is 0. The van der Waals surface area contributed by atoms with Crippen molar-refractivity contribution < 1.29 is 24.2 Å². The number of aromatic carboxylic acids is 1. The maximum atomic E-state index is 12.0. The molecule has 0 saturated heterocycles. The number of para-hydroxylation sites is 1. The third-order valence-corrected chi connectivity index (χ3v) is 3.51. The summed E-state index contributed by atoms with van der Waals surface area (Å²) in [7, 11) is 2.97. The van der Waals surface area contributed by atoms with Gasteiger partial charge in [-0.3, -0.25) is 4.79 Å². The third kappa shape index (κ3) is 4.84. The van der Waals surface area contributed by atoms with Crippen molar-refractivity contribution in [2.75, 3.05) is 14.2 Å². The minimum Gasteiger partial charge on any atom is -0.496 e. The molecule has 2 rings (SSSR count). The summed E-state index contributed by atoms with van der Waals surface area (Å²) in [5.74, 6) is -0.425. The van der Waals surface area contributed by atoms with E-state index in [-0.39, 0.29) is 23.8 Å². The highest BCUT2D eigenvalue weighted by atomic mass is 16.5. The number of hydrogen-bond acceptors (Lipinski definition) is 4. The lowest BCUT2D eigenvalue weighted by Gasteiger charge is -2.08. The predicted molar refractivity (Wildman–Crippen MR) is 93.8 cm³/mol. The molecule has 2 N–H and O–H groups in total. The van der Waals surface area contributed by atoms with Crippen LogP contribution in [0.2, 0.25) is 0 Å². The fourth-order valence-electron chi connectivity index (χ4n) is 2.25. The maximum Gasteiger partial charge on any atom is 0.339 e. The second kappa shape index (κ2) is 8.54. The van der Waals surface area contributed by atoms with Crippen LogP contribution in [0.3, 0.4) is 0 Å². The van der Waals surface area contributed by atoms with Crippen LogP contribution in [0, 0.1) is 0 Å². The Morgan fingerprint density at radius 2 is 1.80 bits per heavy atom. The van der Waals surface area contributed by atoms with Gasteiger partial charge in [0.25, 0.3) is 0 Å². The average Bonchev–Trinajstić information content (AvgIpc) is 2.64. The van der Waals surface area contributed by atoms with Crippen molar-refractivity contribution in [3.8, 4) is 11.5 Å². The molecule has 0 heterocycles. The number of carbonyl (C=O) groups excluding carboxylic acids is 1. The molecule has 0 atom stereocenters. The van der Waals surface area contributed by atoms with Crippen LogP contribution in [-0.4, -0.2) is 31.2 Å². The first-order valence-corrected chi connectivity index (χ1v) is 7.54. The van der Waals surface area contributed by atoms with Crippen LogP contribution in [-0.2, 0) is 11.3 Å². The summed E-state index contributed by atoms with van der Waals surface area (Å²) in [6.07, 6.45) is 3.06. The van der Waals surface area contributed by atoms with Crippen LogP contribution in [0.15, 0.2) is 48.5 Å². The van der Waals surface area contributed by atoms with Gasteiger partial charge in [0.05, 0.1) is 14.2 Å². The van der Waals surface area contributed by atoms with E-state index in [2.05, 4.69) is 5.32 Å². The molecule has 0 radical (unpaired) electrons. The monoisotopic (exact) mass is 341 g/mol. The molecule has 6 heteroatoms. The summed E-state index contributed by atoms with van der Waals surface area (Å²) < 4.78 is 10.2. The molecule has 0 spiro atoms. The Hall–Kier alpha value is -3.28. The van der Waals surface area contributed by atoms with Gasteiger partial charge in [0.1, 0.15) is 17.1 Å². The van der Waals surface area contributed by atoms with Crippen LogP contribution in [0.5, 0.6) is 11.5 Å². The van der Waals surface area contributed by atoms with E-state index in [4.69, 9.17) is 14.6 Å². The van der Waals surface area contributed by atoms with Gasteiger partial charge in [-0.1, -0.05) is 24.3 Å². The molecule has 25 heavy (non-hydrogen) atoms. The number of carboxylic acid groups (broad SMARTS) is 1. The molecule has 0 unspecified atom stereocenters. The van der Waals surface area contributed by atoms with Crippen molar-refractivity contribution in [1.29, 1.82) is 0 Å². The normalized spacial score (nSPS) is 10.5. The molecule has 2 aromatic rings. The van der Waals surface area contributed by atoms with E-state index in [1.165, 1.54) is 19.3 Å². The van der Waals surface area contributed by atoms with Crippen molar-refractivity contribution in [2.24, 2.45) is 0 Å². The number of methoxy groups -OCH3 is 2. The number of rotatable bonds is 7. The number of amides is 1. The van der Waals surface area contributed by atoms with Gasteiger partial charge in [0.15, 0.2) is 0 Å². The molecule has 0 aliphatic heterocycles. The zero-order chi connectivity index (χ0) is 18.2. The topological polar surface area (TPSA) is 84.9 Å². The minimum atomic E-state index is -1.08. The maximum absolute atomic E-state index is 12.0. The van der Waals surface area contributed by atoms with Crippen LogP contribution < -0.4 is 14.8 Å². The van der Waals surface area contributed by atoms with Crippen molar-refractivity contribution in [3.63, 3.8) is 0 Å². The molecule has 6 nitrogen and oxygen atoms in total. The number of nitrogens with one attached hydrogen (secondary N) is 1. The zero-order valence-electron chi connectivity index (χ0n) is 14.0. The van der Waals surface area contributed by atoms with Crippen molar-refractivity contribution >= 4 is 18.0 Å². The van der Waals surface area contributed by atoms with Gasteiger partial charge in [-0.25, -0.2) is 4.79 Å².